The SMILES string of the molecule is CCNc1c(F)cc(C(=O)N2CCCC(C)C2C)cc1F. The number of amides is 1. The number of carbonyl (C=O) groups excluding carboxylic acids is 1. The minimum atomic E-state index is -0.724. The average Bonchev–Trinajstić information content (AvgIpc) is 2.45. The molecule has 0 aromatic heterocycles. The van der Waals surface area contributed by atoms with Crippen molar-refractivity contribution in [3.63, 3.8) is 0 Å². The number of nitrogens with one attached hydrogen (secondary N) is 1. The highest BCUT2D eigenvalue weighted by Gasteiger charge is 2.29. The molecule has 1 fully saturated rings. The molecular formula is C16H22F2N2O. The fourth-order valence-corrected chi connectivity index (χ4v) is 2.83. The largest absolute Gasteiger partial charge is 0.381 e. The summed E-state index contributed by atoms with van der Waals surface area (Å²) in [5.74, 6) is -1.34. The number of hydrogen-bond donors (Lipinski definition) is 1. The van der Waals surface area contributed by atoms with Crippen molar-refractivity contribution in [2.75, 3.05) is 18.4 Å². The van der Waals surface area contributed by atoms with E-state index in [1.807, 2.05) is 6.92 Å². The van der Waals surface area contributed by atoms with E-state index in [1.54, 1.807) is 11.8 Å². The third-order valence-electron chi connectivity index (χ3n) is 4.28. The maximum Gasteiger partial charge on any atom is 0.254 e. The molecule has 1 aromatic rings. The van der Waals surface area contributed by atoms with E-state index < -0.39 is 11.6 Å². The highest BCUT2D eigenvalue weighted by molar-refractivity contribution is 5.95. The van der Waals surface area contributed by atoms with E-state index in [9.17, 15) is 13.6 Å². The lowest BCUT2D eigenvalue weighted by atomic mass is 9.91. The first-order valence-electron chi connectivity index (χ1n) is 7.49. The second-order valence-corrected chi connectivity index (χ2v) is 5.70. The Bertz CT molecular complexity index is 510. The van der Waals surface area contributed by atoms with Gasteiger partial charge in [0.15, 0.2) is 0 Å². The minimum Gasteiger partial charge on any atom is -0.381 e. The molecule has 0 aliphatic carbocycles. The molecule has 1 N–H and O–H groups in total. The maximum absolute atomic E-state index is 13.9. The zero-order valence-electron chi connectivity index (χ0n) is 12.7. The monoisotopic (exact) mass is 296 g/mol. The summed E-state index contributed by atoms with van der Waals surface area (Å²) < 4.78 is 27.9. The normalized spacial score (nSPS) is 22.2. The number of halogens is 2. The van der Waals surface area contributed by atoms with Gasteiger partial charge in [-0.25, -0.2) is 8.78 Å². The first-order valence-corrected chi connectivity index (χ1v) is 7.49. The molecule has 21 heavy (non-hydrogen) atoms. The topological polar surface area (TPSA) is 32.3 Å². The van der Waals surface area contributed by atoms with Gasteiger partial charge in [0, 0.05) is 24.7 Å². The lowest BCUT2D eigenvalue weighted by Crippen LogP contribution is -2.46. The Labute approximate surface area is 124 Å². The molecule has 0 spiro atoms. The molecule has 1 aliphatic heterocycles. The van der Waals surface area contributed by atoms with Crippen LogP contribution in [0.1, 0.15) is 44.0 Å². The zero-order chi connectivity index (χ0) is 15.6. The van der Waals surface area contributed by atoms with E-state index in [1.165, 1.54) is 0 Å². The van der Waals surface area contributed by atoms with Crippen LogP contribution < -0.4 is 5.32 Å². The molecule has 0 bridgehead atoms. The number of anilines is 1. The Morgan fingerprint density at radius 1 is 1.33 bits per heavy atom. The summed E-state index contributed by atoms with van der Waals surface area (Å²) in [7, 11) is 0. The molecule has 1 aliphatic rings. The van der Waals surface area contributed by atoms with Crippen LogP contribution in [0, 0.1) is 17.6 Å². The number of rotatable bonds is 3. The van der Waals surface area contributed by atoms with Crippen molar-refractivity contribution in [2.24, 2.45) is 5.92 Å². The summed E-state index contributed by atoms with van der Waals surface area (Å²) in [6, 6.07) is 2.33. The first-order chi connectivity index (χ1) is 9.95. The van der Waals surface area contributed by atoms with E-state index in [0.717, 1.165) is 25.0 Å². The summed E-state index contributed by atoms with van der Waals surface area (Å²) >= 11 is 0. The standard InChI is InChI=1S/C16H22F2N2O/c1-4-19-15-13(17)8-12(9-14(15)18)16(21)20-7-5-6-10(2)11(20)3/h8-11,19H,4-7H2,1-3H3. The summed E-state index contributed by atoms with van der Waals surface area (Å²) in [6.45, 7) is 6.90. The van der Waals surface area contributed by atoms with E-state index in [4.69, 9.17) is 0 Å². The van der Waals surface area contributed by atoms with Crippen LogP contribution in [0.25, 0.3) is 0 Å². The Hall–Kier alpha value is -1.65. The van der Waals surface area contributed by atoms with Gasteiger partial charge < -0.3 is 10.2 Å². The van der Waals surface area contributed by atoms with Crippen LogP contribution in [0.5, 0.6) is 0 Å². The minimum absolute atomic E-state index is 0.0765. The van der Waals surface area contributed by atoms with Gasteiger partial charge in [0.2, 0.25) is 0 Å². The summed E-state index contributed by atoms with van der Waals surface area (Å²) in [6.07, 6.45) is 2.00. The summed E-state index contributed by atoms with van der Waals surface area (Å²) in [5, 5.41) is 2.63. The van der Waals surface area contributed by atoms with Crippen LogP contribution in [-0.2, 0) is 0 Å². The number of hydrogen-bond acceptors (Lipinski definition) is 2. The second-order valence-electron chi connectivity index (χ2n) is 5.70. The van der Waals surface area contributed by atoms with Crippen LogP contribution in [0.3, 0.4) is 0 Å². The van der Waals surface area contributed by atoms with E-state index in [2.05, 4.69) is 12.2 Å². The molecule has 1 aromatic carbocycles. The highest BCUT2D eigenvalue weighted by Crippen LogP contribution is 2.26. The van der Waals surface area contributed by atoms with Gasteiger partial charge >= 0.3 is 0 Å². The molecule has 3 nitrogen and oxygen atoms in total. The average molecular weight is 296 g/mol. The molecule has 0 saturated carbocycles. The van der Waals surface area contributed by atoms with Gasteiger partial charge in [-0.05, 0) is 44.7 Å². The number of likely N-dealkylation sites (tertiary alicyclic amines) is 1. The van der Waals surface area contributed by atoms with Gasteiger partial charge in [-0.1, -0.05) is 6.92 Å². The Morgan fingerprint density at radius 3 is 2.52 bits per heavy atom. The fraction of sp³-hybridized carbons (Fsp3) is 0.562. The van der Waals surface area contributed by atoms with Gasteiger partial charge in [0.05, 0.1) is 0 Å². The summed E-state index contributed by atoms with van der Waals surface area (Å²) in [5.41, 5.74) is -0.0956. The third kappa shape index (κ3) is 3.17. The molecule has 2 unspecified atom stereocenters. The van der Waals surface area contributed by atoms with E-state index in [0.29, 0.717) is 19.0 Å². The van der Waals surface area contributed by atoms with Crippen molar-refractivity contribution in [2.45, 2.75) is 39.7 Å². The molecule has 1 amide bonds. The van der Waals surface area contributed by atoms with Crippen LogP contribution in [-0.4, -0.2) is 29.9 Å². The maximum atomic E-state index is 13.9. The van der Waals surface area contributed by atoms with Crippen molar-refractivity contribution in [3.8, 4) is 0 Å². The van der Waals surface area contributed by atoms with Crippen molar-refractivity contribution < 1.29 is 13.6 Å². The van der Waals surface area contributed by atoms with Crippen LogP contribution in [0.2, 0.25) is 0 Å². The number of benzene rings is 1. The van der Waals surface area contributed by atoms with Crippen LogP contribution >= 0.6 is 0 Å². The van der Waals surface area contributed by atoms with E-state index in [-0.39, 0.29) is 23.2 Å². The van der Waals surface area contributed by atoms with Gasteiger partial charge in [-0.3, -0.25) is 4.79 Å². The predicted molar refractivity (Wildman–Crippen MR) is 79.4 cm³/mol. The Balaban J connectivity index is 2.27. The fourth-order valence-electron chi connectivity index (χ4n) is 2.83. The van der Waals surface area contributed by atoms with Gasteiger partial charge in [-0.2, -0.15) is 0 Å². The molecule has 5 heteroatoms. The summed E-state index contributed by atoms with van der Waals surface area (Å²) in [4.78, 5) is 14.2. The van der Waals surface area contributed by atoms with Gasteiger partial charge in [0.1, 0.15) is 17.3 Å². The van der Waals surface area contributed by atoms with Crippen molar-refractivity contribution >= 4 is 11.6 Å². The molecule has 2 atom stereocenters. The molecule has 116 valence electrons. The van der Waals surface area contributed by atoms with Crippen molar-refractivity contribution in [1.82, 2.24) is 4.90 Å². The molecule has 0 radical (unpaired) electrons. The highest BCUT2D eigenvalue weighted by atomic mass is 19.1. The second kappa shape index (κ2) is 6.41. The smallest absolute Gasteiger partial charge is 0.254 e. The van der Waals surface area contributed by atoms with Crippen LogP contribution in [0.4, 0.5) is 14.5 Å². The lowest BCUT2D eigenvalue weighted by Gasteiger charge is -2.38. The Morgan fingerprint density at radius 2 is 1.95 bits per heavy atom. The number of nitrogens with zero attached hydrogens (tertiary/aromatic N) is 1. The van der Waals surface area contributed by atoms with Crippen LogP contribution in [0.15, 0.2) is 12.1 Å². The molecule has 1 heterocycles. The van der Waals surface area contributed by atoms with Gasteiger partial charge in [0.25, 0.3) is 5.91 Å². The first kappa shape index (κ1) is 15.7. The van der Waals surface area contributed by atoms with E-state index >= 15 is 0 Å². The molecular weight excluding hydrogens is 274 g/mol. The van der Waals surface area contributed by atoms with Crippen molar-refractivity contribution in [3.05, 3.63) is 29.3 Å². The predicted octanol–water partition coefficient (Wildman–Crippen LogP) is 3.66. The molecule has 2 rings (SSSR count). The van der Waals surface area contributed by atoms with Crippen molar-refractivity contribution in [1.29, 1.82) is 0 Å². The number of piperidine rings is 1. The molecule has 1 saturated heterocycles. The zero-order valence-corrected chi connectivity index (χ0v) is 12.7. The van der Waals surface area contributed by atoms with Gasteiger partial charge in [-0.15, -0.1) is 0 Å². The lowest BCUT2D eigenvalue weighted by molar-refractivity contribution is 0.0550. The quantitative estimate of drug-likeness (QED) is 0.923. The Kier molecular flexibility index (Phi) is 4.80. The number of carbonyl (C=O) groups is 1. The third-order valence-corrected chi connectivity index (χ3v) is 4.28.